The van der Waals surface area contributed by atoms with Crippen molar-refractivity contribution in [3.05, 3.63) is 0 Å². The summed E-state index contributed by atoms with van der Waals surface area (Å²) in [5.74, 6) is -0.903. The molecule has 0 aliphatic carbocycles. The Balaban J connectivity index is 0. The molecule has 174 valence electrons. The zero-order chi connectivity index (χ0) is 21.4. The number of hydrogen-bond acceptors (Lipinski definition) is 3. The van der Waals surface area contributed by atoms with Crippen LogP contribution in [0.5, 0.6) is 0 Å². The number of nitrogens with zero attached hydrogens (tertiary/aromatic N) is 1. The molecule has 0 aliphatic rings. The van der Waals surface area contributed by atoms with Gasteiger partial charge in [-0.2, -0.15) is 0 Å². The van der Waals surface area contributed by atoms with Crippen molar-refractivity contribution in [2.24, 2.45) is 0 Å². The van der Waals surface area contributed by atoms with Gasteiger partial charge in [-0.3, -0.25) is 0 Å². The molecule has 0 radical (unpaired) electrons. The van der Waals surface area contributed by atoms with E-state index in [1.165, 1.54) is 116 Å². The molecule has 0 fully saturated rings. The minimum atomic E-state index is -0.903. The first-order valence-corrected chi connectivity index (χ1v) is 13.1. The molecule has 0 rings (SSSR count). The van der Waals surface area contributed by atoms with Gasteiger partial charge in [0.1, 0.15) is 0 Å². The van der Waals surface area contributed by atoms with E-state index in [0.29, 0.717) is 0 Å². The smallest absolute Gasteiger partial charge is 0.550 e. The van der Waals surface area contributed by atoms with Crippen LogP contribution >= 0.6 is 0 Å². The van der Waals surface area contributed by atoms with Crippen molar-refractivity contribution >= 4 is 5.97 Å². The van der Waals surface area contributed by atoms with Crippen LogP contribution in [0.15, 0.2) is 0 Å². The Morgan fingerprint density at radius 2 is 0.833 bits per heavy atom. The number of unbranched alkanes of at least 4 members (excludes halogenated alkanes) is 16. The van der Waals surface area contributed by atoms with Crippen LogP contribution in [0.1, 0.15) is 142 Å². The minimum Gasteiger partial charge on any atom is -0.550 e. The third-order valence-electron chi connectivity index (χ3n) is 6.01. The first-order chi connectivity index (χ1) is 14.2. The van der Waals surface area contributed by atoms with Crippen LogP contribution in [0.3, 0.4) is 0 Å². The van der Waals surface area contributed by atoms with E-state index >= 15 is 0 Å². The second-order valence-corrected chi connectivity index (χ2v) is 8.97. The number of carbonyl (C=O) groups is 1. The van der Waals surface area contributed by atoms with Gasteiger partial charge in [-0.05, 0) is 51.7 Å². The summed E-state index contributed by atoms with van der Waals surface area (Å²) in [6.07, 6.45) is 25.2. The monoisotopic (exact) mass is 449 g/mol. The van der Waals surface area contributed by atoms with Gasteiger partial charge < -0.3 is 14.8 Å². The Bertz CT molecular complexity index is 319. The third-order valence-corrected chi connectivity index (χ3v) is 6.01. The maximum Gasteiger partial charge on any atom is 1.00 e. The molecule has 30 heavy (non-hydrogen) atoms. The molecule has 0 aromatic heterocycles. The van der Waals surface area contributed by atoms with Crippen LogP contribution in [-0.2, 0) is 4.79 Å². The van der Waals surface area contributed by atoms with Crippen molar-refractivity contribution in [1.82, 2.24) is 4.90 Å². The zero-order valence-electron chi connectivity index (χ0n) is 21.0. The summed E-state index contributed by atoms with van der Waals surface area (Å²) >= 11 is 0. The van der Waals surface area contributed by atoms with Gasteiger partial charge in [0.05, 0.1) is 0 Å². The summed E-state index contributed by atoms with van der Waals surface area (Å²) < 4.78 is 0. The van der Waals surface area contributed by atoms with E-state index in [2.05, 4.69) is 18.7 Å². The number of carboxylic acids is 1. The van der Waals surface area contributed by atoms with Crippen molar-refractivity contribution in [3.8, 4) is 0 Å². The molecule has 0 unspecified atom stereocenters. The molecule has 0 heterocycles. The van der Waals surface area contributed by atoms with Crippen LogP contribution in [0.2, 0.25) is 0 Å². The van der Waals surface area contributed by atoms with E-state index in [1.807, 2.05) is 0 Å². The van der Waals surface area contributed by atoms with Crippen molar-refractivity contribution < 1.29 is 61.3 Å². The summed E-state index contributed by atoms with van der Waals surface area (Å²) in [5, 5.41) is 10.5. The minimum absolute atomic E-state index is 0. The molecule has 0 aromatic rings. The SMILES string of the molecule is CCCCCCCCCCN(CCCCCCCCCC)CCCCCC(=O)[O-].[K+]. The maximum atomic E-state index is 10.5. The van der Waals surface area contributed by atoms with E-state index in [-0.39, 0.29) is 57.8 Å². The number of carboxylic acid groups (broad SMARTS) is 1. The van der Waals surface area contributed by atoms with Gasteiger partial charge in [0.25, 0.3) is 0 Å². The van der Waals surface area contributed by atoms with E-state index < -0.39 is 5.97 Å². The number of hydrogen-bond donors (Lipinski definition) is 0. The summed E-state index contributed by atoms with van der Waals surface area (Å²) in [4.78, 5) is 13.2. The molecule has 0 N–H and O–H groups in total. The van der Waals surface area contributed by atoms with E-state index in [4.69, 9.17) is 0 Å². The molecule has 4 heteroatoms. The third kappa shape index (κ3) is 27.1. The summed E-state index contributed by atoms with van der Waals surface area (Å²) in [6.45, 7) is 8.15. The molecule has 3 nitrogen and oxygen atoms in total. The average Bonchev–Trinajstić information content (AvgIpc) is 2.70. The predicted molar refractivity (Wildman–Crippen MR) is 125 cm³/mol. The normalized spacial score (nSPS) is 11.0. The fourth-order valence-electron chi connectivity index (χ4n) is 4.06. The molecule has 0 saturated heterocycles. The van der Waals surface area contributed by atoms with Gasteiger partial charge >= 0.3 is 51.4 Å². The Morgan fingerprint density at radius 3 is 1.17 bits per heavy atom. The largest absolute Gasteiger partial charge is 1.00 e. The Labute approximate surface area is 232 Å². The molecule has 0 saturated carbocycles. The topological polar surface area (TPSA) is 43.4 Å². The number of carbonyl (C=O) groups excluding carboxylic acids is 1. The molecule has 0 atom stereocenters. The van der Waals surface area contributed by atoms with E-state index in [0.717, 1.165) is 25.8 Å². The first-order valence-electron chi connectivity index (χ1n) is 13.1. The fraction of sp³-hybridized carbons (Fsp3) is 0.962. The molecule has 0 bridgehead atoms. The van der Waals surface area contributed by atoms with Crippen molar-refractivity contribution in [3.63, 3.8) is 0 Å². The van der Waals surface area contributed by atoms with Crippen molar-refractivity contribution in [1.29, 1.82) is 0 Å². The van der Waals surface area contributed by atoms with Crippen molar-refractivity contribution in [2.45, 2.75) is 142 Å². The standard InChI is InChI=1S/C26H53NO2.K/c1-3-5-7-9-11-13-15-19-23-27(25-21-17-18-22-26(28)29)24-20-16-14-12-10-8-6-4-2;/h3-25H2,1-2H3,(H,28,29);/q;+1/p-1. The molecule has 0 spiro atoms. The first kappa shape index (κ1) is 33.2. The molecule has 0 amide bonds. The van der Waals surface area contributed by atoms with E-state index in [1.54, 1.807) is 0 Å². The van der Waals surface area contributed by atoms with Crippen molar-refractivity contribution in [2.75, 3.05) is 19.6 Å². The van der Waals surface area contributed by atoms with Gasteiger partial charge in [0, 0.05) is 5.97 Å². The second-order valence-electron chi connectivity index (χ2n) is 8.97. The van der Waals surface area contributed by atoms with Crippen LogP contribution < -0.4 is 56.5 Å². The zero-order valence-corrected chi connectivity index (χ0v) is 24.2. The van der Waals surface area contributed by atoms with Crippen LogP contribution in [0.25, 0.3) is 0 Å². The van der Waals surface area contributed by atoms with Crippen LogP contribution in [0.4, 0.5) is 0 Å². The number of rotatable bonds is 24. The average molecular weight is 450 g/mol. The Morgan fingerprint density at radius 1 is 0.533 bits per heavy atom. The van der Waals surface area contributed by atoms with Gasteiger partial charge in [-0.25, -0.2) is 0 Å². The fourth-order valence-corrected chi connectivity index (χ4v) is 4.06. The predicted octanol–water partition coefficient (Wildman–Crippen LogP) is 3.88. The Hall–Kier alpha value is 1.07. The summed E-state index contributed by atoms with van der Waals surface area (Å²) in [6, 6.07) is 0. The van der Waals surface area contributed by atoms with Gasteiger partial charge in [-0.1, -0.05) is 110 Å². The molecular weight excluding hydrogens is 397 g/mol. The van der Waals surface area contributed by atoms with Gasteiger partial charge in [-0.15, -0.1) is 0 Å². The molecular formula is C26H52KNO2. The number of aliphatic carboxylic acids is 1. The molecule has 0 aromatic carbocycles. The maximum absolute atomic E-state index is 10.5. The van der Waals surface area contributed by atoms with Crippen LogP contribution in [0, 0.1) is 0 Å². The van der Waals surface area contributed by atoms with E-state index in [9.17, 15) is 9.90 Å². The van der Waals surface area contributed by atoms with Gasteiger partial charge in [0.2, 0.25) is 0 Å². The quantitative estimate of drug-likeness (QED) is 0.166. The van der Waals surface area contributed by atoms with Crippen LogP contribution in [-0.4, -0.2) is 30.5 Å². The molecule has 0 aliphatic heterocycles. The summed E-state index contributed by atoms with van der Waals surface area (Å²) in [7, 11) is 0. The summed E-state index contributed by atoms with van der Waals surface area (Å²) in [5.41, 5.74) is 0. The Kier molecular flexibility index (Phi) is 31.1. The second kappa shape index (κ2) is 28.1. The van der Waals surface area contributed by atoms with Gasteiger partial charge in [0.15, 0.2) is 0 Å².